The Morgan fingerprint density at radius 1 is 1.82 bits per heavy atom. The molecule has 0 unspecified atom stereocenters. The predicted octanol–water partition coefficient (Wildman–Crippen LogP) is 0.418. The largest absolute Gasteiger partial charge is 0.320 e. The number of nitrogens with zero attached hydrogens (tertiary/aromatic N) is 2. The summed E-state index contributed by atoms with van der Waals surface area (Å²) in [6.07, 6.45) is 4.68. The molecule has 1 aliphatic heterocycles. The van der Waals surface area contributed by atoms with Gasteiger partial charge in [-0.2, -0.15) is 5.32 Å². The third-order valence-corrected chi connectivity index (χ3v) is 1.50. The van der Waals surface area contributed by atoms with Gasteiger partial charge in [0.1, 0.15) is 0 Å². The third-order valence-electron chi connectivity index (χ3n) is 1.17. The topological polar surface area (TPSA) is 34.4 Å². The van der Waals surface area contributed by atoms with E-state index in [0.717, 1.165) is 0 Å². The van der Waals surface area contributed by atoms with Crippen molar-refractivity contribution in [1.29, 1.82) is 0 Å². The first-order chi connectivity index (χ1) is 5.24. The first-order valence-electron chi connectivity index (χ1n) is 3.09. The highest BCUT2D eigenvalue weighted by molar-refractivity contribution is 7.80. The second-order valence-corrected chi connectivity index (χ2v) is 2.35. The van der Waals surface area contributed by atoms with Crippen LogP contribution in [0.5, 0.6) is 0 Å². The van der Waals surface area contributed by atoms with Crippen LogP contribution in [0.4, 0.5) is 0 Å². The van der Waals surface area contributed by atoms with Crippen molar-refractivity contribution in [3.05, 3.63) is 24.9 Å². The Labute approximate surface area is 70.4 Å². The number of thiocarbonyl (C=S) groups is 1. The smallest absolute Gasteiger partial charge is 0.273 e. The molecule has 1 heterocycles. The van der Waals surface area contributed by atoms with E-state index in [1.807, 2.05) is 0 Å². The fraction of sp³-hybridized carbons (Fsp3) is 0.143. The van der Waals surface area contributed by atoms with Crippen LogP contribution < -0.4 is 5.32 Å². The Hall–Kier alpha value is -1.16. The summed E-state index contributed by atoms with van der Waals surface area (Å²) < 4.78 is 0. The van der Waals surface area contributed by atoms with Crippen molar-refractivity contribution in [2.45, 2.75) is 0 Å². The Bertz CT molecular complexity index is 235. The lowest BCUT2D eigenvalue weighted by Gasteiger charge is -2.20. The molecule has 57 valence electrons. The van der Waals surface area contributed by atoms with Crippen LogP contribution in [-0.4, -0.2) is 22.5 Å². The molecular weight excluding hydrogens is 160 g/mol. The van der Waals surface area contributed by atoms with Gasteiger partial charge in [0.25, 0.3) is 5.91 Å². The molecule has 0 aliphatic carbocycles. The van der Waals surface area contributed by atoms with E-state index in [9.17, 15) is 4.79 Å². The number of hydrogen-bond donors (Lipinski definition) is 0. The molecule has 0 saturated carbocycles. The van der Waals surface area contributed by atoms with Crippen LogP contribution in [-0.2, 0) is 4.79 Å². The standard InChI is InChI=1S/C7H7N2OS/c1-2-4-9-5-3-6(10)8-7(9)11/h2-3,5H,1,4H2. The molecule has 1 aliphatic rings. The summed E-state index contributed by atoms with van der Waals surface area (Å²) in [7, 11) is 0. The fourth-order valence-corrected chi connectivity index (χ4v) is 0.917. The van der Waals surface area contributed by atoms with Gasteiger partial charge in [-0.25, -0.2) is 0 Å². The minimum atomic E-state index is -0.296. The van der Waals surface area contributed by atoms with Gasteiger partial charge in [-0.15, -0.1) is 6.58 Å². The van der Waals surface area contributed by atoms with Gasteiger partial charge in [-0.05, 0) is 12.2 Å². The zero-order valence-electron chi connectivity index (χ0n) is 5.86. The molecule has 11 heavy (non-hydrogen) atoms. The highest BCUT2D eigenvalue weighted by Crippen LogP contribution is 1.98. The van der Waals surface area contributed by atoms with Crippen molar-refractivity contribution in [2.75, 3.05) is 6.54 Å². The summed E-state index contributed by atoms with van der Waals surface area (Å²) in [6.45, 7) is 4.14. The van der Waals surface area contributed by atoms with E-state index in [1.165, 1.54) is 6.08 Å². The lowest BCUT2D eigenvalue weighted by atomic mass is 10.4. The number of rotatable bonds is 2. The van der Waals surface area contributed by atoms with Crippen LogP contribution in [0.1, 0.15) is 0 Å². The summed E-state index contributed by atoms with van der Waals surface area (Å²) >= 11 is 4.81. The summed E-state index contributed by atoms with van der Waals surface area (Å²) in [5, 5.41) is 3.87. The second-order valence-electron chi connectivity index (χ2n) is 1.99. The molecule has 4 heteroatoms. The summed E-state index contributed by atoms with van der Waals surface area (Å²) in [5.41, 5.74) is 0. The molecule has 0 aromatic rings. The van der Waals surface area contributed by atoms with Crippen LogP contribution >= 0.6 is 12.2 Å². The second kappa shape index (κ2) is 3.30. The number of carbonyl (C=O) groups is 1. The SMILES string of the molecule is C=CCN1C=CC(=O)[N]C1=S. The number of amides is 1. The molecule has 3 nitrogen and oxygen atoms in total. The van der Waals surface area contributed by atoms with Gasteiger partial charge in [0.2, 0.25) is 5.11 Å². The lowest BCUT2D eigenvalue weighted by molar-refractivity contribution is -0.115. The molecule has 1 rings (SSSR count). The minimum Gasteiger partial charge on any atom is -0.320 e. The first kappa shape index (κ1) is 7.94. The van der Waals surface area contributed by atoms with Gasteiger partial charge >= 0.3 is 0 Å². The van der Waals surface area contributed by atoms with Crippen LogP contribution in [0.2, 0.25) is 0 Å². The zero-order chi connectivity index (χ0) is 8.27. The van der Waals surface area contributed by atoms with E-state index in [1.54, 1.807) is 17.2 Å². The third kappa shape index (κ3) is 1.88. The zero-order valence-corrected chi connectivity index (χ0v) is 6.67. The van der Waals surface area contributed by atoms with Gasteiger partial charge in [0, 0.05) is 18.8 Å². The Morgan fingerprint density at radius 2 is 2.55 bits per heavy atom. The highest BCUT2D eigenvalue weighted by atomic mass is 32.1. The molecule has 0 aromatic heterocycles. The van der Waals surface area contributed by atoms with E-state index in [4.69, 9.17) is 12.2 Å². The van der Waals surface area contributed by atoms with Crippen LogP contribution in [0.3, 0.4) is 0 Å². The molecule has 0 fully saturated rings. The van der Waals surface area contributed by atoms with Crippen molar-refractivity contribution in [1.82, 2.24) is 10.2 Å². The molecule has 1 radical (unpaired) electrons. The molecule has 1 amide bonds. The summed E-state index contributed by atoms with van der Waals surface area (Å²) in [5.74, 6) is -0.296. The molecule has 0 spiro atoms. The average molecular weight is 167 g/mol. The van der Waals surface area contributed by atoms with Gasteiger partial charge in [0.05, 0.1) is 0 Å². The predicted molar refractivity (Wildman–Crippen MR) is 45.8 cm³/mol. The van der Waals surface area contributed by atoms with Gasteiger partial charge < -0.3 is 4.90 Å². The van der Waals surface area contributed by atoms with E-state index in [0.29, 0.717) is 11.7 Å². The maximum Gasteiger partial charge on any atom is 0.273 e. The normalized spacial score (nSPS) is 16.5. The van der Waals surface area contributed by atoms with Crippen LogP contribution in [0.25, 0.3) is 0 Å². The highest BCUT2D eigenvalue weighted by Gasteiger charge is 2.14. The minimum absolute atomic E-state index is 0.296. The molecule has 0 saturated heterocycles. The Kier molecular flexibility index (Phi) is 2.38. The maximum absolute atomic E-state index is 10.6. The van der Waals surface area contributed by atoms with E-state index in [2.05, 4.69) is 11.9 Å². The first-order valence-corrected chi connectivity index (χ1v) is 3.50. The molecule has 0 atom stereocenters. The lowest BCUT2D eigenvalue weighted by Crippen LogP contribution is -2.37. The van der Waals surface area contributed by atoms with E-state index in [-0.39, 0.29) is 5.91 Å². The average Bonchev–Trinajstić information content (AvgIpc) is 1.95. The number of hydrogen-bond acceptors (Lipinski definition) is 2. The fourth-order valence-electron chi connectivity index (χ4n) is 0.691. The molecular formula is C7H7N2OS. The van der Waals surface area contributed by atoms with Gasteiger partial charge in [-0.1, -0.05) is 6.08 Å². The quantitative estimate of drug-likeness (QED) is 0.441. The van der Waals surface area contributed by atoms with Crippen LogP contribution in [0, 0.1) is 0 Å². The monoisotopic (exact) mass is 167 g/mol. The van der Waals surface area contributed by atoms with Gasteiger partial charge in [0.15, 0.2) is 0 Å². The maximum atomic E-state index is 10.6. The van der Waals surface area contributed by atoms with E-state index >= 15 is 0 Å². The van der Waals surface area contributed by atoms with Crippen molar-refractivity contribution >= 4 is 23.2 Å². The molecule has 0 aromatic carbocycles. The molecule has 0 bridgehead atoms. The van der Waals surface area contributed by atoms with Crippen molar-refractivity contribution in [3.63, 3.8) is 0 Å². The Morgan fingerprint density at radius 3 is 3.09 bits per heavy atom. The van der Waals surface area contributed by atoms with Crippen molar-refractivity contribution in [2.24, 2.45) is 0 Å². The van der Waals surface area contributed by atoms with Crippen molar-refractivity contribution < 1.29 is 4.79 Å². The van der Waals surface area contributed by atoms with Gasteiger partial charge in [-0.3, -0.25) is 4.79 Å². The summed E-state index contributed by atoms with van der Waals surface area (Å²) in [6, 6.07) is 0. The van der Waals surface area contributed by atoms with Crippen molar-refractivity contribution in [3.8, 4) is 0 Å². The van der Waals surface area contributed by atoms with E-state index < -0.39 is 0 Å². The molecule has 0 N–H and O–H groups in total. The summed E-state index contributed by atoms with van der Waals surface area (Å²) in [4.78, 5) is 12.3. The number of carbonyl (C=O) groups excluding carboxylic acids is 1. The Balaban J connectivity index is 2.67. The van der Waals surface area contributed by atoms with Crippen LogP contribution in [0.15, 0.2) is 24.9 Å².